The van der Waals surface area contributed by atoms with Crippen molar-refractivity contribution < 1.29 is 17.1 Å². The summed E-state index contributed by atoms with van der Waals surface area (Å²) in [5.74, 6) is 0. The monoisotopic (exact) mass is 623 g/mol. The lowest BCUT2D eigenvalue weighted by Crippen LogP contribution is -2.55. The van der Waals surface area contributed by atoms with Crippen LogP contribution in [-0.4, -0.2) is 71.2 Å². The summed E-state index contributed by atoms with van der Waals surface area (Å²) < 4.78 is 27.3. The Balaban J connectivity index is 3.26. The predicted molar refractivity (Wildman–Crippen MR) is 168 cm³/mol. The van der Waals surface area contributed by atoms with Crippen molar-refractivity contribution in [1.82, 2.24) is 13.7 Å². The van der Waals surface area contributed by atoms with Gasteiger partial charge >= 0.3 is 25.6 Å². The van der Waals surface area contributed by atoms with Crippen molar-refractivity contribution >= 4 is 43.3 Å². The van der Waals surface area contributed by atoms with Gasteiger partial charge in [0.05, 0.1) is 0 Å². The van der Waals surface area contributed by atoms with Gasteiger partial charge in [-0.1, -0.05) is 0 Å². The Labute approximate surface area is 235 Å². The maximum atomic E-state index is 13.4. The van der Waals surface area contributed by atoms with Crippen LogP contribution in [0.3, 0.4) is 0 Å². The molecule has 0 amide bonds. The minimum absolute atomic E-state index is 0.220. The van der Waals surface area contributed by atoms with Crippen LogP contribution in [0.5, 0.6) is 0 Å². The van der Waals surface area contributed by atoms with Crippen molar-refractivity contribution in [2.24, 2.45) is 0 Å². The van der Waals surface area contributed by atoms with Gasteiger partial charge in [0.25, 0.3) is 0 Å². The third-order valence-corrected chi connectivity index (χ3v) is 21.7. The summed E-state index contributed by atoms with van der Waals surface area (Å²) in [6.45, 7) is 20.1. The Kier molecular flexibility index (Phi) is 14.3. The topological polar surface area (TPSA) is 103 Å². The van der Waals surface area contributed by atoms with Gasteiger partial charge in [0, 0.05) is 33.9 Å². The van der Waals surface area contributed by atoms with E-state index in [9.17, 15) is 14.4 Å². The van der Waals surface area contributed by atoms with Gasteiger partial charge in [0.2, 0.25) is 0 Å². The molecule has 0 unspecified atom stereocenters. The first-order valence-corrected chi connectivity index (χ1v) is 28.2. The SMILES string of the molecule is CO[Si](C)(CCCn1c(=O)n(CCC[Si](C)(C)O[SiH](C)C)c(=O)n(CCC[Si](C)(C)O[SiH](C)C)c1=O)OC. The van der Waals surface area contributed by atoms with E-state index < -0.39 is 60.3 Å². The van der Waals surface area contributed by atoms with Crippen LogP contribution in [0, 0.1) is 0 Å². The van der Waals surface area contributed by atoms with Crippen molar-refractivity contribution in [2.45, 2.75) is 116 Å². The summed E-state index contributed by atoms with van der Waals surface area (Å²) in [6, 6.07) is 2.34. The van der Waals surface area contributed by atoms with Crippen LogP contribution in [0.25, 0.3) is 0 Å². The number of rotatable bonds is 18. The summed E-state index contributed by atoms with van der Waals surface area (Å²) in [6.07, 6.45) is 1.88. The van der Waals surface area contributed by atoms with Crippen LogP contribution in [0.15, 0.2) is 14.4 Å². The standard InChI is InChI=1S/C23H53N3O7Si5/c1-30-38(11,31-2)20-14-17-26-22(28)24(15-12-18-36(7,8)32-34(3)4)21(27)25(23(26)29)16-13-19-37(9,10)33-35(5)6/h34-35H,12-20H2,1-11H3. The minimum atomic E-state index is -2.34. The van der Waals surface area contributed by atoms with Gasteiger partial charge in [-0.25, -0.2) is 28.1 Å². The first kappa shape index (κ1) is 35.4. The number of nitrogens with zero attached hydrogens (tertiary/aromatic N) is 3. The molecule has 15 heteroatoms. The molecule has 1 heterocycles. The van der Waals surface area contributed by atoms with E-state index in [1.54, 1.807) is 14.2 Å². The molecule has 0 radical (unpaired) electrons. The Morgan fingerprint density at radius 1 is 0.579 bits per heavy atom. The molecule has 0 fully saturated rings. The number of hydrogen-bond acceptors (Lipinski definition) is 7. The highest BCUT2D eigenvalue weighted by molar-refractivity contribution is 6.78. The molecule has 10 nitrogen and oxygen atoms in total. The lowest BCUT2D eigenvalue weighted by atomic mass is 10.4. The first-order valence-electron chi connectivity index (χ1n) is 13.9. The van der Waals surface area contributed by atoms with Crippen molar-refractivity contribution in [3.8, 4) is 0 Å². The van der Waals surface area contributed by atoms with Crippen LogP contribution < -0.4 is 17.1 Å². The van der Waals surface area contributed by atoms with E-state index in [1.165, 1.54) is 13.7 Å². The highest BCUT2D eigenvalue weighted by Crippen LogP contribution is 2.17. The number of hydrogen-bond donors (Lipinski definition) is 0. The van der Waals surface area contributed by atoms with Crippen LogP contribution >= 0.6 is 0 Å². The zero-order chi connectivity index (χ0) is 29.3. The van der Waals surface area contributed by atoms with Crippen LogP contribution in [0.1, 0.15) is 19.3 Å². The van der Waals surface area contributed by atoms with Gasteiger partial charge in [-0.2, -0.15) is 0 Å². The molecule has 0 saturated heterocycles. The summed E-state index contributed by atoms with van der Waals surface area (Å²) in [7, 11) is -5.13. The fourth-order valence-corrected chi connectivity index (χ4v) is 19.4. The van der Waals surface area contributed by atoms with E-state index in [0.29, 0.717) is 25.3 Å². The van der Waals surface area contributed by atoms with Gasteiger partial charge in [-0.05, 0) is 96.3 Å². The molecule has 1 aromatic heterocycles. The second kappa shape index (κ2) is 15.4. The fourth-order valence-electron chi connectivity index (χ4n) is 4.82. The van der Waals surface area contributed by atoms with Crippen molar-refractivity contribution in [3.05, 3.63) is 31.5 Å². The van der Waals surface area contributed by atoms with Crippen LogP contribution in [0.4, 0.5) is 0 Å². The molecule has 1 rings (SSSR count). The van der Waals surface area contributed by atoms with E-state index in [2.05, 4.69) is 52.4 Å². The van der Waals surface area contributed by atoms with Gasteiger partial charge in [-0.15, -0.1) is 0 Å². The Morgan fingerprint density at radius 2 is 0.868 bits per heavy atom. The van der Waals surface area contributed by atoms with E-state index in [-0.39, 0.29) is 19.6 Å². The number of aromatic nitrogens is 3. The highest BCUT2D eigenvalue weighted by atomic mass is 28.4. The summed E-state index contributed by atoms with van der Waals surface area (Å²) in [5, 5.41) is 0. The normalized spacial score (nSPS) is 13.2. The zero-order valence-electron chi connectivity index (χ0n) is 25.7. The van der Waals surface area contributed by atoms with Crippen molar-refractivity contribution in [2.75, 3.05) is 14.2 Å². The van der Waals surface area contributed by atoms with Gasteiger partial charge < -0.3 is 17.1 Å². The molecule has 0 aromatic carbocycles. The quantitative estimate of drug-likeness (QED) is 0.232. The molecule has 222 valence electrons. The first-order chi connectivity index (χ1) is 17.5. The second-order valence-electron chi connectivity index (χ2n) is 12.0. The van der Waals surface area contributed by atoms with Crippen molar-refractivity contribution in [1.29, 1.82) is 0 Å². The molecule has 0 aliphatic rings. The lowest BCUT2D eigenvalue weighted by molar-refractivity contribution is 0.247. The van der Waals surface area contributed by atoms with Crippen molar-refractivity contribution in [3.63, 3.8) is 0 Å². The smallest absolute Gasteiger partial charge is 0.336 e. The van der Waals surface area contributed by atoms with Gasteiger partial charge in [-0.3, -0.25) is 0 Å². The van der Waals surface area contributed by atoms with Crippen LogP contribution in [0.2, 0.25) is 77.1 Å². The Bertz CT molecular complexity index is 983. The molecule has 1 aromatic rings. The molecule has 0 saturated carbocycles. The maximum Gasteiger partial charge on any atom is 0.336 e. The van der Waals surface area contributed by atoms with E-state index in [1.807, 2.05) is 6.55 Å². The minimum Gasteiger partial charge on any atom is -0.458 e. The van der Waals surface area contributed by atoms with Crippen LogP contribution in [-0.2, 0) is 36.7 Å². The average molecular weight is 624 g/mol. The molecular formula is C23H53N3O7Si5. The maximum absolute atomic E-state index is 13.4. The lowest BCUT2D eigenvalue weighted by Gasteiger charge is -2.26. The van der Waals surface area contributed by atoms with E-state index in [0.717, 1.165) is 12.1 Å². The molecule has 0 N–H and O–H groups in total. The second-order valence-corrected chi connectivity index (χ2v) is 29.7. The molecule has 0 aliphatic heterocycles. The third-order valence-electron chi connectivity index (χ3n) is 6.69. The molecular weight excluding hydrogens is 571 g/mol. The molecule has 0 bridgehead atoms. The summed E-state index contributed by atoms with van der Waals surface area (Å²) >= 11 is 0. The average Bonchev–Trinajstić information content (AvgIpc) is 2.78. The largest absolute Gasteiger partial charge is 0.458 e. The summed E-state index contributed by atoms with van der Waals surface area (Å²) in [5.41, 5.74) is -1.57. The van der Waals surface area contributed by atoms with Gasteiger partial charge in [0.15, 0.2) is 34.7 Å². The zero-order valence-corrected chi connectivity index (χ0v) is 31.0. The Hall–Kier alpha value is -0.666. The molecule has 0 atom stereocenters. The third kappa shape index (κ3) is 11.4. The molecule has 0 spiro atoms. The molecule has 0 aliphatic carbocycles. The van der Waals surface area contributed by atoms with E-state index in [4.69, 9.17) is 17.1 Å². The van der Waals surface area contributed by atoms with Gasteiger partial charge in [0.1, 0.15) is 0 Å². The fraction of sp³-hybridized carbons (Fsp3) is 0.870. The Morgan fingerprint density at radius 3 is 1.13 bits per heavy atom. The molecule has 38 heavy (non-hydrogen) atoms. The summed E-state index contributed by atoms with van der Waals surface area (Å²) in [4.78, 5) is 40.2. The van der Waals surface area contributed by atoms with E-state index >= 15 is 0 Å². The highest BCUT2D eigenvalue weighted by Gasteiger charge is 2.29. The predicted octanol–water partition coefficient (Wildman–Crippen LogP) is 3.12.